The zero-order valence-electron chi connectivity index (χ0n) is 15.0. The molecule has 128 valence electrons. The molecule has 2 amide bonds. The predicted octanol–water partition coefficient (Wildman–Crippen LogP) is 2.74. The van der Waals surface area contributed by atoms with E-state index in [0.717, 1.165) is 11.3 Å². The van der Waals surface area contributed by atoms with Gasteiger partial charge in [-0.2, -0.15) is 0 Å². The minimum atomic E-state index is -0.524. The van der Waals surface area contributed by atoms with Crippen LogP contribution in [0.3, 0.4) is 0 Å². The summed E-state index contributed by atoms with van der Waals surface area (Å²) in [5.74, 6) is 0.575. The monoisotopic (exact) mass is 320 g/mol. The molecule has 0 aromatic heterocycles. The molecule has 5 nitrogen and oxygen atoms in total. The van der Waals surface area contributed by atoms with Gasteiger partial charge in [0.15, 0.2) is 0 Å². The summed E-state index contributed by atoms with van der Waals surface area (Å²) in [4.78, 5) is 26.3. The Morgan fingerprint density at radius 2 is 1.78 bits per heavy atom. The van der Waals surface area contributed by atoms with Gasteiger partial charge in [0.25, 0.3) is 0 Å². The Morgan fingerprint density at radius 3 is 2.22 bits per heavy atom. The highest BCUT2D eigenvalue weighted by molar-refractivity contribution is 5.87. The number of methoxy groups -OCH3 is 1. The Bertz CT molecular complexity index is 532. The van der Waals surface area contributed by atoms with Gasteiger partial charge in [-0.1, -0.05) is 19.1 Å². The van der Waals surface area contributed by atoms with Crippen molar-refractivity contribution < 1.29 is 14.3 Å². The van der Waals surface area contributed by atoms with Crippen LogP contribution in [0.25, 0.3) is 0 Å². The molecule has 0 bridgehead atoms. The van der Waals surface area contributed by atoms with Crippen molar-refractivity contribution in [3.8, 4) is 5.75 Å². The fourth-order valence-electron chi connectivity index (χ4n) is 2.19. The molecule has 0 heterocycles. The van der Waals surface area contributed by atoms with Crippen LogP contribution in [0.1, 0.15) is 46.6 Å². The minimum absolute atomic E-state index is 0.0441. The number of carbonyl (C=O) groups excluding carboxylic acids is 2. The Labute approximate surface area is 139 Å². The number of nitrogens with one attached hydrogen (secondary N) is 1. The molecule has 0 aliphatic carbocycles. The van der Waals surface area contributed by atoms with E-state index in [-0.39, 0.29) is 17.4 Å². The van der Waals surface area contributed by atoms with Gasteiger partial charge in [0.2, 0.25) is 11.8 Å². The van der Waals surface area contributed by atoms with Gasteiger partial charge in [0.05, 0.1) is 7.11 Å². The molecule has 0 saturated heterocycles. The number of amides is 2. The topological polar surface area (TPSA) is 58.6 Å². The minimum Gasteiger partial charge on any atom is -0.497 e. The molecule has 0 radical (unpaired) electrons. The largest absolute Gasteiger partial charge is 0.497 e. The van der Waals surface area contributed by atoms with E-state index in [1.54, 1.807) is 25.9 Å². The third-order valence-electron chi connectivity index (χ3n) is 3.48. The first kappa shape index (κ1) is 19.0. The van der Waals surface area contributed by atoms with Gasteiger partial charge in [-0.3, -0.25) is 9.59 Å². The Kier molecular flexibility index (Phi) is 6.61. The Hall–Kier alpha value is -2.04. The number of nitrogens with zero attached hydrogens (tertiary/aromatic N) is 1. The van der Waals surface area contributed by atoms with Crippen molar-refractivity contribution in [1.29, 1.82) is 0 Å². The molecule has 23 heavy (non-hydrogen) atoms. The highest BCUT2D eigenvalue weighted by atomic mass is 16.5. The van der Waals surface area contributed by atoms with E-state index in [2.05, 4.69) is 5.32 Å². The van der Waals surface area contributed by atoms with Crippen LogP contribution in [0.2, 0.25) is 0 Å². The van der Waals surface area contributed by atoms with Crippen molar-refractivity contribution in [1.82, 2.24) is 10.2 Å². The van der Waals surface area contributed by atoms with E-state index < -0.39 is 6.04 Å². The number of carbonyl (C=O) groups is 2. The summed E-state index contributed by atoms with van der Waals surface area (Å²) in [6.45, 7) is 9.73. The number of benzene rings is 1. The summed E-state index contributed by atoms with van der Waals surface area (Å²) >= 11 is 0. The molecule has 1 rings (SSSR count). The Morgan fingerprint density at radius 1 is 1.22 bits per heavy atom. The second kappa shape index (κ2) is 7.99. The van der Waals surface area contributed by atoms with Crippen molar-refractivity contribution in [2.24, 2.45) is 0 Å². The Balaban J connectivity index is 2.90. The zero-order valence-corrected chi connectivity index (χ0v) is 15.0. The van der Waals surface area contributed by atoms with Crippen molar-refractivity contribution in [3.05, 3.63) is 29.8 Å². The second-order valence-electron chi connectivity index (χ2n) is 6.64. The van der Waals surface area contributed by atoms with Crippen LogP contribution in [-0.2, 0) is 16.1 Å². The van der Waals surface area contributed by atoms with Crippen LogP contribution in [0.15, 0.2) is 24.3 Å². The third-order valence-corrected chi connectivity index (χ3v) is 3.48. The first-order valence-electron chi connectivity index (χ1n) is 7.92. The molecule has 0 unspecified atom stereocenters. The zero-order chi connectivity index (χ0) is 17.6. The number of rotatable bonds is 6. The van der Waals surface area contributed by atoms with Crippen LogP contribution in [0, 0.1) is 0 Å². The smallest absolute Gasteiger partial charge is 0.242 e. The maximum absolute atomic E-state index is 12.4. The molecular weight excluding hydrogens is 292 g/mol. The molecule has 0 saturated carbocycles. The van der Waals surface area contributed by atoms with E-state index in [0.29, 0.717) is 13.0 Å². The van der Waals surface area contributed by atoms with Gasteiger partial charge in [0.1, 0.15) is 11.8 Å². The van der Waals surface area contributed by atoms with E-state index in [4.69, 9.17) is 4.74 Å². The summed E-state index contributed by atoms with van der Waals surface area (Å²) in [6, 6.07) is 6.99. The average Bonchev–Trinajstić information content (AvgIpc) is 2.50. The van der Waals surface area contributed by atoms with Gasteiger partial charge >= 0.3 is 0 Å². The van der Waals surface area contributed by atoms with Crippen molar-refractivity contribution >= 4 is 11.8 Å². The molecule has 0 fully saturated rings. The molecule has 1 atom stereocenters. The molecule has 5 heteroatoms. The summed E-state index contributed by atoms with van der Waals surface area (Å²) in [5, 5.41) is 2.93. The molecule has 1 aromatic carbocycles. The lowest BCUT2D eigenvalue weighted by Gasteiger charge is -2.31. The highest BCUT2D eigenvalue weighted by Gasteiger charge is 2.27. The van der Waals surface area contributed by atoms with Crippen molar-refractivity contribution in [2.75, 3.05) is 7.11 Å². The molecule has 1 N–H and O–H groups in total. The first-order chi connectivity index (χ1) is 10.7. The summed E-state index contributed by atoms with van der Waals surface area (Å²) in [5.41, 5.74) is 0.634. The van der Waals surface area contributed by atoms with Crippen molar-refractivity contribution in [2.45, 2.75) is 59.2 Å². The quantitative estimate of drug-likeness (QED) is 0.877. The van der Waals surface area contributed by atoms with Gasteiger partial charge in [-0.15, -0.1) is 0 Å². The molecule has 0 aliphatic heterocycles. The van der Waals surface area contributed by atoms with Gasteiger partial charge in [0, 0.05) is 18.5 Å². The van der Waals surface area contributed by atoms with Crippen LogP contribution in [0.5, 0.6) is 5.75 Å². The normalized spacial score (nSPS) is 12.4. The van der Waals surface area contributed by atoms with Crippen molar-refractivity contribution in [3.63, 3.8) is 0 Å². The fourth-order valence-corrected chi connectivity index (χ4v) is 2.19. The van der Waals surface area contributed by atoms with Crippen LogP contribution in [0.4, 0.5) is 0 Å². The number of ether oxygens (including phenoxy) is 1. The van der Waals surface area contributed by atoms with Crippen LogP contribution in [-0.4, -0.2) is 35.4 Å². The van der Waals surface area contributed by atoms with Gasteiger partial charge in [-0.25, -0.2) is 0 Å². The average molecular weight is 320 g/mol. The van der Waals surface area contributed by atoms with Gasteiger partial charge < -0.3 is 15.0 Å². The van der Waals surface area contributed by atoms with Crippen LogP contribution >= 0.6 is 0 Å². The molecule has 0 spiro atoms. The second-order valence-corrected chi connectivity index (χ2v) is 6.64. The summed E-state index contributed by atoms with van der Waals surface area (Å²) in [7, 11) is 1.61. The molecule has 1 aromatic rings. The van der Waals surface area contributed by atoms with E-state index in [1.807, 2.05) is 45.0 Å². The lowest BCUT2D eigenvalue weighted by molar-refractivity contribution is -0.141. The van der Waals surface area contributed by atoms with E-state index in [1.165, 1.54) is 0 Å². The number of hydrogen-bond acceptors (Lipinski definition) is 3. The maximum atomic E-state index is 12.4. The lowest BCUT2D eigenvalue weighted by atomic mass is 10.1. The summed E-state index contributed by atoms with van der Waals surface area (Å²) in [6.07, 6.45) is 0.364. The lowest BCUT2D eigenvalue weighted by Crippen LogP contribution is -2.52. The fraction of sp³-hybridized carbons (Fsp3) is 0.556. The molecular formula is C18H28N2O3. The van der Waals surface area contributed by atoms with E-state index >= 15 is 0 Å². The first-order valence-corrected chi connectivity index (χ1v) is 7.92. The van der Waals surface area contributed by atoms with Gasteiger partial charge in [-0.05, 0) is 45.4 Å². The molecule has 0 aliphatic rings. The third kappa shape index (κ3) is 5.93. The van der Waals surface area contributed by atoms with E-state index in [9.17, 15) is 9.59 Å². The SMILES string of the molecule is CCC(=O)N(Cc1ccc(OC)cc1)[C@H](C)C(=O)NC(C)(C)C. The highest BCUT2D eigenvalue weighted by Crippen LogP contribution is 2.16. The van der Waals surface area contributed by atoms with Crippen LogP contribution < -0.4 is 10.1 Å². The summed E-state index contributed by atoms with van der Waals surface area (Å²) < 4.78 is 5.14. The predicted molar refractivity (Wildman–Crippen MR) is 91.2 cm³/mol. The number of hydrogen-bond donors (Lipinski definition) is 1. The standard InChI is InChI=1S/C18H28N2O3/c1-7-16(21)20(13(2)17(22)19-18(3,4)5)12-14-8-10-15(23-6)11-9-14/h8-11,13H,7,12H2,1-6H3,(H,19,22)/t13-/m1/s1. The maximum Gasteiger partial charge on any atom is 0.242 e.